The number of hydrogen-bond donors (Lipinski definition) is 1. The minimum absolute atomic E-state index is 0.106. The summed E-state index contributed by atoms with van der Waals surface area (Å²) in [4.78, 5) is 28.3. The Hall–Kier alpha value is -2.13. The summed E-state index contributed by atoms with van der Waals surface area (Å²) < 4.78 is 33.1. The molecule has 0 aliphatic carbocycles. The van der Waals surface area contributed by atoms with Gasteiger partial charge in [-0.3, -0.25) is 13.9 Å². The van der Waals surface area contributed by atoms with Crippen LogP contribution < -0.4 is 14.6 Å². The molecule has 7 nitrogen and oxygen atoms in total. The number of carbonyl (C=O) groups excluding carboxylic acids is 1. The molecule has 0 bridgehead atoms. The first-order valence-corrected chi connectivity index (χ1v) is 12.4. The third-order valence-electron chi connectivity index (χ3n) is 5.58. The maximum absolute atomic E-state index is 13.2. The third kappa shape index (κ3) is 4.43. The number of nitrogens with one attached hydrogen (secondary N) is 1. The second-order valence-corrected chi connectivity index (χ2v) is 11.5. The minimum atomic E-state index is -3.52. The smallest absolute Gasteiger partial charge is 0.255 e. The summed E-state index contributed by atoms with van der Waals surface area (Å²) in [5, 5.41) is -0.565. The largest absolute Gasteiger partial charge is 0.496 e. The van der Waals surface area contributed by atoms with Crippen molar-refractivity contribution in [3.05, 3.63) is 55.4 Å². The second-order valence-electron chi connectivity index (χ2n) is 8.16. The van der Waals surface area contributed by atoms with Gasteiger partial charge < -0.3 is 9.72 Å². The summed E-state index contributed by atoms with van der Waals surface area (Å²) >= 11 is 3.42. The molecule has 3 rings (SSSR count). The lowest BCUT2D eigenvalue weighted by Crippen LogP contribution is -2.35. The van der Waals surface area contributed by atoms with Crippen LogP contribution in [0.5, 0.6) is 5.75 Å². The number of pyridine rings is 1. The van der Waals surface area contributed by atoms with Gasteiger partial charge in [0.1, 0.15) is 5.75 Å². The molecule has 0 radical (unpaired) electrons. The Morgan fingerprint density at radius 3 is 2.61 bits per heavy atom. The fourth-order valence-electron chi connectivity index (χ4n) is 3.97. The summed E-state index contributed by atoms with van der Waals surface area (Å²) in [5.41, 5.74) is 2.60. The van der Waals surface area contributed by atoms with Gasteiger partial charge in [-0.15, -0.1) is 0 Å². The highest BCUT2D eigenvalue weighted by Gasteiger charge is 2.38. The number of carbonyl (C=O) groups is 1. The molecular formula is C22H27BrN2O5S. The van der Waals surface area contributed by atoms with E-state index < -0.39 is 15.3 Å². The number of nitrogens with zero attached hydrogens (tertiary/aromatic N) is 1. The summed E-state index contributed by atoms with van der Waals surface area (Å²) in [6, 6.07) is 5.22. The number of fused-ring (bicyclic) bond motifs is 1. The van der Waals surface area contributed by atoms with Gasteiger partial charge in [0.15, 0.2) is 5.78 Å². The van der Waals surface area contributed by atoms with Crippen molar-refractivity contribution in [2.45, 2.75) is 51.7 Å². The number of aryl methyl sites for hydroxylation is 1. The SMILES string of the molecule is COc1cc(C)[nH]c(=O)c1CCC(=O)c1cc(Br)cc2c1C(C)CN2S(=O)(=O)C(C)C. The molecule has 1 aromatic carbocycles. The van der Waals surface area contributed by atoms with Crippen LogP contribution in [-0.4, -0.2) is 38.1 Å². The fourth-order valence-corrected chi connectivity index (χ4v) is 5.78. The van der Waals surface area contributed by atoms with E-state index in [4.69, 9.17) is 4.74 Å². The van der Waals surface area contributed by atoms with Crippen LogP contribution in [0, 0.1) is 6.92 Å². The molecule has 1 aliphatic heterocycles. The number of methoxy groups -OCH3 is 1. The van der Waals surface area contributed by atoms with Crippen molar-refractivity contribution in [2.75, 3.05) is 18.0 Å². The Balaban J connectivity index is 1.97. The molecule has 0 amide bonds. The number of rotatable bonds is 7. The van der Waals surface area contributed by atoms with Gasteiger partial charge in [-0.1, -0.05) is 22.9 Å². The van der Waals surface area contributed by atoms with Crippen molar-refractivity contribution in [3.63, 3.8) is 0 Å². The molecule has 9 heteroatoms. The number of H-pyrrole nitrogens is 1. The highest BCUT2D eigenvalue weighted by molar-refractivity contribution is 9.10. The topological polar surface area (TPSA) is 96.5 Å². The number of Topliss-reactive ketones (excluding diaryl/α,β-unsaturated/α-hetero) is 1. The number of sulfonamides is 1. The van der Waals surface area contributed by atoms with Gasteiger partial charge in [-0.25, -0.2) is 8.42 Å². The van der Waals surface area contributed by atoms with Crippen molar-refractivity contribution < 1.29 is 17.9 Å². The van der Waals surface area contributed by atoms with Gasteiger partial charge in [0.2, 0.25) is 10.0 Å². The average Bonchev–Trinajstić information content (AvgIpc) is 3.02. The predicted molar refractivity (Wildman–Crippen MR) is 125 cm³/mol. The molecule has 0 spiro atoms. The van der Waals surface area contributed by atoms with Crippen LogP contribution in [-0.2, 0) is 16.4 Å². The molecule has 1 aromatic heterocycles. The molecule has 2 heterocycles. The molecule has 1 aliphatic rings. The van der Waals surface area contributed by atoms with Gasteiger partial charge in [0, 0.05) is 34.6 Å². The van der Waals surface area contributed by atoms with Crippen LogP contribution in [0.4, 0.5) is 5.69 Å². The van der Waals surface area contributed by atoms with Crippen molar-refractivity contribution in [1.82, 2.24) is 4.98 Å². The highest BCUT2D eigenvalue weighted by atomic mass is 79.9. The number of anilines is 1. The normalized spacial score (nSPS) is 16.0. The van der Waals surface area contributed by atoms with E-state index in [-0.39, 0.29) is 30.1 Å². The minimum Gasteiger partial charge on any atom is -0.496 e. The van der Waals surface area contributed by atoms with E-state index in [1.54, 1.807) is 39.0 Å². The van der Waals surface area contributed by atoms with Crippen molar-refractivity contribution in [2.24, 2.45) is 0 Å². The second kappa shape index (κ2) is 8.78. The molecular weight excluding hydrogens is 484 g/mol. The molecule has 1 unspecified atom stereocenters. The van der Waals surface area contributed by atoms with E-state index in [0.717, 1.165) is 5.56 Å². The van der Waals surface area contributed by atoms with E-state index in [2.05, 4.69) is 20.9 Å². The summed E-state index contributed by atoms with van der Waals surface area (Å²) in [6.45, 7) is 7.29. The zero-order chi connectivity index (χ0) is 23.1. The number of ketones is 1. The highest BCUT2D eigenvalue weighted by Crippen LogP contribution is 2.43. The van der Waals surface area contributed by atoms with E-state index in [1.165, 1.54) is 11.4 Å². The lowest BCUT2D eigenvalue weighted by molar-refractivity contribution is 0.0981. The standard InChI is InChI=1S/C22H27BrN2O5S/c1-12(2)31(28,29)25-11-13(3)21-17(9-15(23)10-18(21)25)19(26)7-6-16-20(30-5)8-14(4)24-22(16)27/h8-10,12-13H,6-7,11H2,1-5H3,(H,24,27). The molecule has 0 fully saturated rings. The van der Waals surface area contributed by atoms with Gasteiger partial charge in [0.05, 0.1) is 23.6 Å². The van der Waals surface area contributed by atoms with E-state index >= 15 is 0 Å². The third-order valence-corrected chi connectivity index (χ3v) is 8.19. The zero-order valence-electron chi connectivity index (χ0n) is 18.3. The number of halogens is 1. The Kier molecular flexibility index (Phi) is 6.67. The first-order chi connectivity index (χ1) is 14.5. The van der Waals surface area contributed by atoms with Crippen LogP contribution in [0.25, 0.3) is 0 Å². The molecule has 0 saturated heterocycles. The Bertz CT molecular complexity index is 1190. The lowest BCUT2D eigenvalue weighted by atomic mass is 9.92. The van der Waals surface area contributed by atoms with Gasteiger partial charge in [-0.2, -0.15) is 0 Å². The molecule has 168 valence electrons. The predicted octanol–water partition coefficient (Wildman–Crippen LogP) is 3.93. The number of hydrogen-bond acceptors (Lipinski definition) is 5. The maximum Gasteiger partial charge on any atom is 0.255 e. The number of aromatic amines is 1. The molecule has 31 heavy (non-hydrogen) atoms. The maximum atomic E-state index is 13.2. The monoisotopic (exact) mass is 510 g/mol. The first kappa shape index (κ1) is 23.5. The zero-order valence-corrected chi connectivity index (χ0v) is 20.7. The van der Waals surface area contributed by atoms with Gasteiger partial charge in [0.25, 0.3) is 5.56 Å². The molecule has 1 atom stereocenters. The summed E-state index contributed by atoms with van der Waals surface area (Å²) in [5.74, 6) is 0.194. The Morgan fingerprint density at radius 2 is 2.00 bits per heavy atom. The van der Waals surface area contributed by atoms with Crippen LogP contribution >= 0.6 is 15.9 Å². The summed E-state index contributed by atoms with van der Waals surface area (Å²) in [6.07, 6.45) is 0.330. The van der Waals surface area contributed by atoms with Crippen molar-refractivity contribution >= 4 is 37.4 Å². The number of aromatic nitrogens is 1. The number of benzene rings is 1. The fraction of sp³-hybridized carbons (Fsp3) is 0.455. The lowest BCUT2D eigenvalue weighted by Gasteiger charge is -2.22. The first-order valence-electron chi connectivity index (χ1n) is 10.1. The van der Waals surface area contributed by atoms with Crippen molar-refractivity contribution in [3.8, 4) is 5.75 Å². The summed E-state index contributed by atoms with van der Waals surface area (Å²) in [7, 11) is -2.02. The van der Waals surface area contributed by atoms with Gasteiger partial charge >= 0.3 is 0 Å². The molecule has 2 aromatic rings. The Morgan fingerprint density at radius 1 is 1.32 bits per heavy atom. The van der Waals surface area contributed by atoms with E-state index in [1.807, 2.05) is 6.92 Å². The quantitative estimate of drug-likeness (QED) is 0.569. The van der Waals surface area contributed by atoms with Crippen LogP contribution in [0.3, 0.4) is 0 Å². The average molecular weight is 511 g/mol. The molecule has 1 N–H and O–H groups in total. The van der Waals surface area contributed by atoms with E-state index in [0.29, 0.717) is 39.3 Å². The Labute approximate surface area is 191 Å². The van der Waals surface area contributed by atoms with Crippen LogP contribution in [0.2, 0.25) is 0 Å². The molecule has 0 saturated carbocycles. The van der Waals surface area contributed by atoms with Crippen LogP contribution in [0.15, 0.2) is 27.5 Å². The van der Waals surface area contributed by atoms with Crippen molar-refractivity contribution in [1.29, 1.82) is 0 Å². The van der Waals surface area contributed by atoms with Gasteiger partial charge in [-0.05, 0) is 51.0 Å². The van der Waals surface area contributed by atoms with E-state index in [9.17, 15) is 18.0 Å². The number of ether oxygens (including phenoxy) is 1. The van der Waals surface area contributed by atoms with Crippen LogP contribution in [0.1, 0.15) is 60.3 Å².